The van der Waals surface area contributed by atoms with Crippen molar-refractivity contribution in [3.63, 3.8) is 0 Å². The number of nitriles is 1. The van der Waals surface area contributed by atoms with E-state index in [1.54, 1.807) is 24.3 Å². The third-order valence-corrected chi connectivity index (χ3v) is 2.59. The van der Waals surface area contributed by atoms with Crippen LogP contribution < -0.4 is 5.32 Å². The molecule has 17 heavy (non-hydrogen) atoms. The van der Waals surface area contributed by atoms with Crippen molar-refractivity contribution in [3.05, 3.63) is 35.4 Å². The molecule has 0 unspecified atom stereocenters. The van der Waals surface area contributed by atoms with Gasteiger partial charge in [0.15, 0.2) is 0 Å². The highest BCUT2D eigenvalue weighted by Crippen LogP contribution is 2.08. The van der Waals surface area contributed by atoms with Crippen LogP contribution in [0.3, 0.4) is 0 Å². The summed E-state index contributed by atoms with van der Waals surface area (Å²) in [6.07, 6.45) is 0. The van der Waals surface area contributed by atoms with Gasteiger partial charge in [-0.1, -0.05) is 0 Å². The lowest BCUT2D eigenvalue weighted by atomic mass is 10.1. The van der Waals surface area contributed by atoms with Crippen LogP contribution >= 0.6 is 0 Å². The summed E-state index contributed by atoms with van der Waals surface area (Å²) in [4.78, 5) is 24.7. The SMILES string of the molecule is N#Cc1ccc(C(=O)N2CCNC(=O)C2)cc1. The fourth-order valence-corrected chi connectivity index (χ4v) is 1.68. The molecular formula is C12H11N3O2. The molecule has 1 N–H and O–H groups in total. The molecule has 1 fully saturated rings. The Hall–Kier alpha value is -2.35. The first-order valence-electron chi connectivity index (χ1n) is 5.27. The van der Waals surface area contributed by atoms with Crippen molar-refractivity contribution in [3.8, 4) is 6.07 Å². The second-order valence-electron chi connectivity index (χ2n) is 3.77. The molecule has 2 rings (SSSR count). The molecule has 5 heteroatoms. The minimum atomic E-state index is -0.177. The maximum Gasteiger partial charge on any atom is 0.254 e. The Kier molecular flexibility index (Phi) is 3.06. The molecule has 0 radical (unpaired) electrons. The molecule has 0 aliphatic carbocycles. The number of carbonyl (C=O) groups excluding carboxylic acids is 2. The van der Waals surface area contributed by atoms with Gasteiger partial charge in [0.25, 0.3) is 5.91 Å². The van der Waals surface area contributed by atoms with E-state index in [-0.39, 0.29) is 18.4 Å². The van der Waals surface area contributed by atoms with Gasteiger partial charge in [-0.15, -0.1) is 0 Å². The smallest absolute Gasteiger partial charge is 0.254 e. The van der Waals surface area contributed by atoms with E-state index in [2.05, 4.69) is 5.32 Å². The Labute approximate surface area is 98.6 Å². The Morgan fingerprint density at radius 1 is 1.35 bits per heavy atom. The molecule has 0 spiro atoms. The predicted octanol–water partition coefficient (Wildman–Crippen LogP) is 0.130. The number of hydrogen-bond acceptors (Lipinski definition) is 3. The molecule has 1 aliphatic rings. The van der Waals surface area contributed by atoms with E-state index >= 15 is 0 Å². The lowest BCUT2D eigenvalue weighted by molar-refractivity contribution is -0.123. The van der Waals surface area contributed by atoms with Gasteiger partial charge in [0.1, 0.15) is 0 Å². The topological polar surface area (TPSA) is 73.2 Å². The number of nitrogens with zero attached hydrogens (tertiary/aromatic N) is 2. The first kappa shape index (κ1) is 11.1. The number of nitrogens with one attached hydrogen (secondary N) is 1. The lowest BCUT2D eigenvalue weighted by Gasteiger charge is -2.26. The van der Waals surface area contributed by atoms with Crippen LogP contribution in [0.1, 0.15) is 15.9 Å². The number of hydrogen-bond donors (Lipinski definition) is 1. The zero-order valence-electron chi connectivity index (χ0n) is 9.14. The standard InChI is InChI=1S/C12H11N3O2/c13-7-9-1-3-10(4-2-9)12(17)15-6-5-14-11(16)8-15/h1-4H,5-6,8H2,(H,14,16). The second-order valence-corrected chi connectivity index (χ2v) is 3.77. The molecule has 5 nitrogen and oxygen atoms in total. The van der Waals surface area contributed by atoms with Crippen molar-refractivity contribution >= 4 is 11.8 Å². The minimum absolute atomic E-state index is 0.0961. The van der Waals surface area contributed by atoms with Crippen LogP contribution in [0, 0.1) is 11.3 Å². The van der Waals surface area contributed by atoms with Gasteiger partial charge < -0.3 is 10.2 Å². The fourth-order valence-electron chi connectivity index (χ4n) is 1.68. The van der Waals surface area contributed by atoms with Gasteiger partial charge in [0.05, 0.1) is 18.2 Å². The van der Waals surface area contributed by atoms with Gasteiger partial charge in [0.2, 0.25) is 5.91 Å². The Morgan fingerprint density at radius 3 is 2.65 bits per heavy atom. The number of piperazine rings is 1. The maximum atomic E-state index is 12.0. The van der Waals surface area contributed by atoms with Crippen LogP contribution in [-0.2, 0) is 4.79 Å². The highest BCUT2D eigenvalue weighted by atomic mass is 16.2. The van der Waals surface area contributed by atoms with Crippen LogP contribution in [0.15, 0.2) is 24.3 Å². The van der Waals surface area contributed by atoms with Crippen molar-refractivity contribution < 1.29 is 9.59 Å². The summed E-state index contributed by atoms with van der Waals surface area (Å²) in [7, 11) is 0. The fraction of sp³-hybridized carbons (Fsp3) is 0.250. The van der Waals surface area contributed by atoms with Crippen LogP contribution in [0.4, 0.5) is 0 Å². The molecular weight excluding hydrogens is 218 g/mol. The zero-order valence-corrected chi connectivity index (χ0v) is 9.14. The van der Waals surface area contributed by atoms with Gasteiger partial charge >= 0.3 is 0 Å². The van der Waals surface area contributed by atoms with Crippen molar-refractivity contribution in [1.29, 1.82) is 5.26 Å². The van der Waals surface area contributed by atoms with Gasteiger partial charge in [-0.3, -0.25) is 9.59 Å². The molecule has 1 saturated heterocycles. The minimum Gasteiger partial charge on any atom is -0.353 e. The Balaban J connectivity index is 2.13. The van der Waals surface area contributed by atoms with Crippen molar-refractivity contribution in [2.75, 3.05) is 19.6 Å². The molecule has 1 heterocycles. The van der Waals surface area contributed by atoms with Crippen LogP contribution in [0.5, 0.6) is 0 Å². The summed E-state index contributed by atoms with van der Waals surface area (Å²) >= 11 is 0. The lowest BCUT2D eigenvalue weighted by Crippen LogP contribution is -2.49. The average molecular weight is 229 g/mol. The van der Waals surface area contributed by atoms with Crippen molar-refractivity contribution in [1.82, 2.24) is 10.2 Å². The molecule has 0 aromatic heterocycles. The summed E-state index contributed by atoms with van der Waals surface area (Å²) in [5, 5.41) is 11.3. The summed E-state index contributed by atoms with van der Waals surface area (Å²) in [6, 6.07) is 8.39. The van der Waals surface area contributed by atoms with Gasteiger partial charge in [-0.05, 0) is 24.3 Å². The first-order chi connectivity index (χ1) is 8.20. The number of carbonyl (C=O) groups is 2. The van der Waals surface area contributed by atoms with Crippen LogP contribution in [0.2, 0.25) is 0 Å². The third kappa shape index (κ3) is 2.42. The van der Waals surface area contributed by atoms with E-state index in [9.17, 15) is 9.59 Å². The van der Waals surface area contributed by atoms with Crippen LogP contribution in [-0.4, -0.2) is 36.3 Å². The maximum absolute atomic E-state index is 12.0. The van der Waals surface area contributed by atoms with Crippen molar-refractivity contribution in [2.24, 2.45) is 0 Å². The summed E-state index contributed by atoms with van der Waals surface area (Å²) in [5.74, 6) is -0.317. The van der Waals surface area contributed by atoms with E-state index in [4.69, 9.17) is 5.26 Å². The highest BCUT2D eigenvalue weighted by molar-refractivity contribution is 5.97. The first-order valence-corrected chi connectivity index (χ1v) is 5.27. The van der Waals surface area contributed by atoms with Gasteiger partial charge in [-0.2, -0.15) is 5.26 Å². The van der Waals surface area contributed by atoms with Crippen molar-refractivity contribution in [2.45, 2.75) is 0 Å². The van der Waals surface area contributed by atoms with E-state index in [0.717, 1.165) is 0 Å². The van der Waals surface area contributed by atoms with Gasteiger partial charge in [0, 0.05) is 18.7 Å². The normalized spacial score (nSPS) is 15.0. The van der Waals surface area contributed by atoms with E-state index in [0.29, 0.717) is 24.2 Å². The molecule has 1 aromatic rings. The molecule has 86 valence electrons. The number of amides is 2. The third-order valence-electron chi connectivity index (χ3n) is 2.59. The molecule has 0 saturated carbocycles. The van der Waals surface area contributed by atoms with Crippen LogP contribution in [0.25, 0.3) is 0 Å². The zero-order chi connectivity index (χ0) is 12.3. The van der Waals surface area contributed by atoms with E-state index in [1.165, 1.54) is 4.90 Å². The number of rotatable bonds is 1. The Bertz CT molecular complexity index is 487. The van der Waals surface area contributed by atoms with Gasteiger partial charge in [-0.25, -0.2) is 0 Å². The summed E-state index contributed by atoms with van der Waals surface area (Å²) in [5.41, 5.74) is 1.01. The largest absolute Gasteiger partial charge is 0.353 e. The van der Waals surface area contributed by atoms with E-state index in [1.807, 2.05) is 6.07 Å². The molecule has 1 aliphatic heterocycles. The quantitative estimate of drug-likeness (QED) is 0.744. The van der Waals surface area contributed by atoms with E-state index < -0.39 is 0 Å². The molecule has 0 bridgehead atoms. The summed E-state index contributed by atoms with van der Waals surface area (Å²) < 4.78 is 0. The molecule has 2 amide bonds. The molecule has 1 aromatic carbocycles. The summed E-state index contributed by atoms with van der Waals surface area (Å²) in [6.45, 7) is 1.10. The monoisotopic (exact) mass is 229 g/mol. The average Bonchev–Trinajstić information content (AvgIpc) is 2.38. The predicted molar refractivity (Wildman–Crippen MR) is 60.1 cm³/mol. The second kappa shape index (κ2) is 4.66. The Morgan fingerprint density at radius 2 is 2.06 bits per heavy atom. The highest BCUT2D eigenvalue weighted by Gasteiger charge is 2.21. The molecule has 0 atom stereocenters. The number of benzene rings is 1.